The van der Waals surface area contributed by atoms with E-state index in [1.165, 1.54) is 6.42 Å². The summed E-state index contributed by atoms with van der Waals surface area (Å²) in [6.45, 7) is 4.11. The molecule has 1 atom stereocenters. The summed E-state index contributed by atoms with van der Waals surface area (Å²) in [5, 5.41) is 17.3. The molecule has 0 heterocycles. The number of carbonyl (C=O) groups excluding carboxylic acids is 1. The molecule has 0 saturated carbocycles. The highest BCUT2D eigenvalue weighted by molar-refractivity contribution is 5.74. The first kappa shape index (κ1) is 14.4. The normalized spacial score (nSPS) is 12.9. The lowest BCUT2D eigenvalue weighted by molar-refractivity contribution is -0.155. The van der Waals surface area contributed by atoms with Crippen molar-refractivity contribution in [1.82, 2.24) is 0 Å². The first-order valence-electron chi connectivity index (χ1n) is 5.53. The molecule has 4 nitrogen and oxygen atoms in total. The van der Waals surface area contributed by atoms with Crippen LogP contribution in [0.4, 0.5) is 0 Å². The van der Waals surface area contributed by atoms with Crippen LogP contribution in [0.25, 0.3) is 0 Å². The highest BCUT2D eigenvalue weighted by Crippen LogP contribution is 2.07. The van der Waals surface area contributed by atoms with Crippen LogP contribution in [0.5, 0.6) is 0 Å². The van der Waals surface area contributed by atoms with E-state index in [0.717, 1.165) is 19.3 Å². The summed E-state index contributed by atoms with van der Waals surface area (Å²) in [5.41, 5.74) is 0. The Morgan fingerprint density at radius 3 is 2.47 bits per heavy atom. The van der Waals surface area contributed by atoms with E-state index < -0.39 is 18.7 Å². The molecule has 0 fully saturated rings. The van der Waals surface area contributed by atoms with Crippen molar-refractivity contribution in [3.8, 4) is 0 Å². The number of carbonyl (C=O) groups is 1. The summed E-state index contributed by atoms with van der Waals surface area (Å²) in [6.07, 6.45) is 2.78. The zero-order chi connectivity index (χ0) is 11.7. The first-order chi connectivity index (χ1) is 7.07. The van der Waals surface area contributed by atoms with Gasteiger partial charge >= 0.3 is 5.97 Å². The van der Waals surface area contributed by atoms with E-state index >= 15 is 0 Å². The van der Waals surface area contributed by atoms with Crippen LogP contribution in [0.15, 0.2) is 0 Å². The number of hydrogen-bond donors (Lipinski definition) is 2. The molecule has 0 rings (SSSR count). The second kappa shape index (κ2) is 8.68. The molecule has 2 N–H and O–H groups in total. The Labute approximate surface area is 91.3 Å². The van der Waals surface area contributed by atoms with Crippen LogP contribution in [0.2, 0.25) is 0 Å². The predicted molar refractivity (Wildman–Crippen MR) is 57.4 cm³/mol. The number of hydrogen-bond acceptors (Lipinski definition) is 4. The van der Waals surface area contributed by atoms with Crippen molar-refractivity contribution in [3.63, 3.8) is 0 Å². The van der Waals surface area contributed by atoms with E-state index in [1.807, 2.05) is 0 Å². The van der Waals surface area contributed by atoms with Gasteiger partial charge < -0.3 is 14.9 Å². The van der Waals surface area contributed by atoms with Gasteiger partial charge in [0.25, 0.3) is 0 Å². The Morgan fingerprint density at radius 1 is 1.27 bits per heavy atom. The van der Waals surface area contributed by atoms with Crippen molar-refractivity contribution < 1.29 is 19.7 Å². The summed E-state index contributed by atoms with van der Waals surface area (Å²) >= 11 is 0. The van der Waals surface area contributed by atoms with Crippen LogP contribution in [0.3, 0.4) is 0 Å². The van der Waals surface area contributed by atoms with E-state index in [4.69, 9.17) is 14.9 Å². The van der Waals surface area contributed by atoms with Gasteiger partial charge in [-0.05, 0) is 12.3 Å². The number of unbranched alkanes of at least 4 members (excludes halogenated alkanes) is 2. The number of aliphatic hydroxyl groups excluding tert-OH is 2. The van der Waals surface area contributed by atoms with Gasteiger partial charge in [-0.2, -0.15) is 0 Å². The van der Waals surface area contributed by atoms with Crippen molar-refractivity contribution in [2.75, 3.05) is 13.2 Å². The fraction of sp³-hybridized carbons (Fsp3) is 0.909. The van der Waals surface area contributed by atoms with E-state index in [0.29, 0.717) is 12.5 Å². The van der Waals surface area contributed by atoms with Crippen molar-refractivity contribution in [2.24, 2.45) is 5.92 Å². The summed E-state index contributed by atoms with van der Waals surface area (Å²) in [6, 6.07) is 0. The molecule has 0 aromatic rings. The molecule has 0 radical (unpaired) electrons. The fourth-order valence-corrected chi connectivity index (χ4v) is 1.17. The van der Waals surface area contributed by atoms with Crippen LogP contribution < -0.4 is 0 Å². The van der Waals surface area contributed by atoms with Crippen LogP contribution in [0.1, 0.15) is 39.5 Å². The molecule has 0 aromatic heterocycles. The maximum Gasteiger partial charge on any atom is 0.337 e. The minimum Gasteiger partial charge on any atom is -0.464 e. The van der Waals surface area contributed by atoms with Crippen molar-refractivity contribution in [1.29, 1.82) is 0 Å². The lowest BCUT2D eigenvalue weighted by atomic mass is 10.1. The zero-order valence-electron chi connectivity index (χ0n) is 9.61. The van der Waals surface area contributed by atoms with Crippen molar-refractivity contribution in [2.45, 2.75) is 45.6 Å². The summed E-state index contributed by atoms with van der Waals surface area (Å²) in [5.74, 6) is -0.0230. The molecule has 4 heteroatoms. The van der Waals surface area contributed by atoms with Crippen molar-refractivity contribution in [3.05, 3.63) is 0 Å². The first-order valence-corrected chi connectivity index (χ1v) is 5.53. The van der Waals surface area contributed by atoms with Gasteiger partial charge in [0, 0.05) is 0 Å². The monoisotopic (exact) mass is 218 g/mol. The van der Waals surface area contributed by atoms with Gasteiger partial charge in [-0.25, -0.2) is 4.79 Å². The van der Waals surface area contributed by atoms with Crippen LogP contribution >= 0.6 is 0 Å². The summed E-state index contributed by atoms with van der Waals surface area (Å²) in [7, 11) is 0. The minimum absolute atomic E-state index is 0.327. The third-order valence-electron chi connectivity index (χ3n) is 2.12. The number of rotatable bonds is 8. The lowest BCUT2D eigenvalue weighted by Crippen LogP contribution is -2.26. The van der Waals surface area contributed by atoms with E-state index in [9.17, 15) is 4.79 Å². The molecule has 1 unspecified atom stereocenters. The zero-order valence-corrected chi connectivity index (χ0v) is 9.61. The summed E-state index contributed by atoms with van der Waals surface area (Å²) < 4.78 is 4.75. The molecule has 0 aliphatic heterocycles. The third-order valence-corrected chi connectivity index (χ3v) is 2.12. The second-order valence-electron chi connectivity index (χ2n) is 4.11. The average Bonchev–Trinajstić information content (AvgIpc) is 2.21. The smallest absolute Gasteiger partial charge is 0.337 e. The predicted octanol–water partition coefficient (Wildman–Crippen LogP) is 1.10. The average molecular weight is 218 g/mol. The Hall–Kier alpha value is -0.610. The minimum atomic E-state index is -1.39. The van der Waals surface area contributed by atoms with E-state index in [-0.39, 0.29) is 0 Å². The molecule has 0 aliphatic rings. The van der Waals surface area contributed by atoms with Crippen LogP contribution in [-0.4, -0.2) is 35.5 Å². The van der Waals surface area contributed by atoms with Gasteiger partial charge in [0.1, 0.15) is 0 Å². The highest BCUT2D eigenvalue weighted by atomic mass is 16.5. The van der Waals surface area contributed by atoms with Gasteiger partial charge in [-0.1, -0.05) is 33.1 Å². The largest absolute Gasteiger partial charge is 0.464 e. The summed E-state index contributed by atoms with van der Waals surface area (Å²) in [4.78, 5) is 10.9. The second-order valence-corrected chi connectivity index (χ2v) is 4.11. The fourth-order valence-electron chi connectivity index (χ4n) is 1.17. The van der Waals surface area contributed by atoms with Gasteiger partial charge in [0.2, 0.25) is 0 Å². The van der Waals surface area contributed by atoms with Gasteiger partial charge in [0.05, 0.1) is 13.2 Å². The van der Waals surface area contributed by atoms with Gasteiger partial charge in [-0.15, -0.1) is 0 Å². The molecular weight excluding hydrogens is 196 g/mol. The molecule has 0 spiro atoms. The van der Waals surface area contributed by atoms with Crippen LogP contribution in [-0.2, 0) is 9.53 Å². The molecule has 0 bridgehead atoms. The third kappa shape index (κ3) is 8.39. The van der Waals surface area contributed by atoms with Crippen molar-refractivity contribution >= 4 is 5.97 Å². The maximum atomic E-state index is 10.9. The molecule has 0 saturated heterocycles. The number of esters is 1. The van der Waals surface area contributed by atoms with Gasteiger partial charge in [-0.3, -0.25) is 0 Å². The SMILES string of the molecule is CC(C)CCCCCOC(=O)C(O)CO. The highest BCUT2D eigenvalue weighted by Gasteiger charge is 2.14. The lowest BCUT2D eigenvalue weighted by Gasteiger charge is -2.08. The molecule has 0 amide bonds. The van der Waals surface area contributed by atoms with Crippen LogP contribution in [0, 0.1) is 5.92 Å². The topological polar surface area (TPSA) is 66.8 Å². The molecular formula is C11H22O4. The maximum absolute atomic E-state index is 10.9. The van der Waals surface area contributed by atoms with Gasteiger partial charge in [0.15, 0.2) is 6.10 Å². The molecule has 0 aromatic carbocycles. The number of ether oxygens (including phenoxy) is 1. The molecule has 0 aliphatic carbocycles. The Balaban J connectivity index is 3.27. The van der Waals surface area contributed by atoms with E-state index in [1.54, 1.807) is 0 Å². The Kier molecular flexibility index (Phi) is 8.33. The number of aliphatic hydroxyl groups is 2. The Morgan fingerprint density at radius 2 is 1.93 bits per heavy atom. The Bertz CT molecular complexity index is 168. The van der Waals surface area contributed by atoms with E-state index in [2.05, 4.69) is 13.8 Å². The molecule has 90 valence electrons. The molecule has 15 heavy (non-hydrogen) atoms. The quantitative estimate of drug-likeness (QED) is 0.473. The standard InChI is InChI=1S/C11H22O4/c1-9(2)6-4-3-5-7-15-11(14)10(13)8-12/h9-10,12-13H,3-8H2,1-2H3.